The average Bonchev–Trinajstić information content (AvgIpc) is 3.35. The molecule has 0 atom stereocenters. The third-order valence-electron chi connectivity index (χ3n) is 5.22. The Labute approximate surface area is 179 Å². The molecule has 0 bridgehead atoms. The van der Waals surface area contributed by atoms with Gasteiger partial charge in [-0.3, -0.25) is 9.69 Å². The minimum absolute atomic E-state index is 0.0140. The molecule has 0 N–H and O–H groups in total. The molecule has 0 saturated carbocycles. The van der Waals surface area contributed by atoms with Crippen LogP contribution in [-0.4, -0.2) is 57.2 Å². The van der Waals surface area contributed by atoms with E-state index in [0.717, 1.165) is 18.7 Å². The Morgan fingerprint density at radius 1 is 1.10 bits per heavy atom. The first kappa shape index (κ1) is 20.6. The molecular weight excluding hydrogens is 406 g/mol. The van der Waals surface area contributed by atoms with Crippen molar-refractivity contribution >= 4 is 17.5 Å². The zero-order valence-electron chi connectivity index (χ0n) is 17.3. The molecule has 4 rings (SSSR count). The van der Waals surface area contributed by atoms with Gasteiger partial charge in [0, 0.05) is 42.7 Å². The molecule has 3 heterocycles. The monoisotopic (exact) mass is 429 g/mol. The summed E-state index contributed by atoms with van der Waals surface area (Å²) in [5.74, 6) is 1.84. The molecule has 1 amide bonds. The second-order valence-corrected chi connectivity index (χ2v) is 8.19. The average molecular weight is 430 g/mol. The van der Waals surface area contributed by atoms with Crippen LogP contribution in [0.15, 0.2) is 33.3 Å². The maximum atomic E-state index is 13.0. The minimum Gasteiger partial charge on any atom is -0.360 e. The van der Waals surface area contributed by atoms with Gasteiger partial charge in [0.05, 0.1) is 12.2 Å². The molecule has 8 nitrogen and oxygen atoms in total. The number of hydrogen-bond acceptors (Lipinski definition) is 7. The van der Waals surface area contributed by atoms with Crippen molar-refractivity contribution in [3.63, 3.8) is 0 Å². The van der Waals surface area contributed by atoms with Gasteiger partial charge in [-0.1, -0.05) is 35.8 Å². The molecule has 2 aromatic heterocycles. The highest BCUT2D eigenvalue weighted by Gasteiger charge is 2.29. The highest BCUT2D eigenvalue weighted by Crippen LogP contribution is 2.24. The predicted octanol–water partition coefficient (Wildman–Crippen LogP) is 3.77. The molecule has 0 spiro atoms. The van der Waals surface area contributed by atoms with Crippen LogP contribution in [0.5, 0.6) is 0 Å². The minimum atomic E-state index is -0.0140. The van der Waals surface area contributed by atoms with E-state index in [2.05, 4.69) is 20.2 Å². The van der Waals surface area contributed by atoms with Gasteiger partial charge in [0.15, 0.2) is 5.76 Å². The number of halogens is 1. The zero-order chi connectivity index (χ0) is 21.3. The summed E-state index contributed by atoms with van der Waals surface area (Å²) >= 11 is 5.92. The van der Waals surface area contributed by atoms with E-state index < -0.39 is 0 Å². The fourth-order valence-electron chi connectivity index (χ4n) is 3.54. The summed E-state index contributed by atoms with van der Waals surface area (Å²) < 4.78 is 10.8. The highest BCUT2D eigenvalue weighted by molar-refractivity contribution is 6.30. The summed E-state index contributed by atoms with van der Waals surface area (Å²) in [4.78, 5) is 21.5. The molecule has 1 fully saturated rings. The standard InChI is InChI=1S/C21H24ClN5O3/c1-13(2)19-18(14(3)24-30-19)21(28)27-10-8-26(9-11-27)12-17-23-20(25-29-17)15-4-6-16(22)7-5-15/h4-7,13H,8-12H2,1-3H3. The lowest BCUT2D eigenvalue weighted by atomic mass is 10.0. The third kappa shape index (κ3) is 4.24. The Bertz CT molecular complexity index is 1020. The number of aromatic nitrogens is 3. The number of piperazine rings is 1. The van der Waals surface area contributed by atoms with Crippen LogP contribution in [0.2, 0.25) is 5.02 Å². The molecule has 158 valence electrons. The summed E-state index contributed by atoms with van der Waals surface area (Å²) in [6, 6.07) is 7.31. The quantitative estimate of drug-likeness (QED) is 0.609. The second kappa shape index (κ2) is 8.57. The van der Waals surface area contributed by atoms with Crippen molar-refractivity contribution in [3.05, 3.63) is 52.2 Å². The Hall–Kier alpha value is -2.71. The van der Waals surface area contributed by atoms with E-state index in [-0.39, 0.29) is 11.8 Å². The Kier molecular flexibility index (Phi) is 5.87. The van der Waals surface area contributed by atoms with Gasteiger partial charge < -0.3 is 13.9 Å². The lowest BCUT2D eigenvalue weighted by molar-refractivity contribution is 0.0612. The molecule has 1 aromatic carbocycles. The second-order valence-electron chi connectivity index (χ2n) is 7.75. The van der Waals surface area contributed by atoms with Crippen molar-refractivity contribution in [2.24, 2.45) is 0 Å². The van der Waals surface area contributed by atoms with Gasteiger partial charge >= 0.3 is 0 Å². The summed E-state index contributed by atoms with van der Waals surface area (Å²) in [7, 11) is 0. The lowest BCUT2D eigenvalue weighted by Gasteiger charge is -2.34. The van der Waals surface area contributed by atoms with E-state index in [1.165, 1.54) is 0 Å². The van der Waals surface area contributed by atoms with Gasteiger partial charge in [-0.2, -0.15) is 4.98 Å². The van der Waals surface area contributed by atoms with Gasteiger partial charge in [0.25, 0.3) is 5.91 Å². The topological polar surface area (TPSA) is 88.5 Å². The molecule has 9 heteroatoms. The van der Waals surface area contributed by atoms with Crippen LogP contribution in [0.4, 0.5) is 0 Å². The van der Waals surface area contributed by atoms with Crippen LogP contribution in [0, 0.1) is 6.92 Å². The van der Waals surface area contributed by atoms with Gasteiger partial charge in [-0.25, -0.2) is 0 Å². The van der Waals surface area contributed by atoms with Crippen molar-refractivity contribution in [2.75, 3.05) is 26.2 Å². The SMILES string of the molecule is Cc1noc(C(C)C)c1C(=O)N1CCN(Cc2nc(-c3ccc(Cl)cc3)no2)CC1. The van der Waals surface area contributed by atoms with E-state index in [1.807, 2.05) is 37.8 Å². The van der Waals surface area contributed by atoms with Crippen molar-refractivity contribution in [1.29, 1.82) is 0 Å². The van der Waals surface area contributed by atoms with Crippen LogP contribution >= 0.6 is 11.6 Å². The number of hydrogen-bond donors (Lipinski definition) is 0. The van der Waals surface area contributed by atoms with Gasteiger partial charge in [0.2, 0.25) is 11.7 Å². The molecule has 1 saturated heterocycles. The normalized spacial score (nSPS) is 15.2. The predicted molar refractivity (Wildman–Crippen MR) is 111 cm³/mol. The zero-order valence-corrected chi connectivity index (χ0v) is 18.0. The Morgan fingerprint density at radius 3 is 2.47 bits per heavy atom. The van der Waals surface area contributed by atoms with E-state index in [9.17, 15) is 4.79 Å². The fourth-order valence-corrected chi connectivity index (χ4v) is 3.66. The van der Waals surface area contributed by atoms with E-state index in [4.69, 9.17) is 20.6 Å². The van der Waals surface area contributed by atoms with E-state index in [0.29, 0.717) is 53.4 Å². The van der Waals surface area contributed by atoms with Gasteiger partial charge in [0.1, 0.15) is 5.56 Å². The number of amides is 1. The number of carbonyl (C=O) groups is 1. The summed E-state index contributed by atoms with van der Waals surface area (Å²) in [5.41, 5.74) is 2.10. The molecule has 1 aliphatic rings. The first-order valence-electron chi connectivity index (χ1n) is 9.98. The van der Waals surface area contributed by atoms with Crippen molar-refractivity contribution in [2.45, 2.75) is 33.2 Å². The van der Waals surface area contributed by atoms with E-state index in [1.54, 1.807) is 12.1 Å². The van der Waals surface area contributed by atoms with Crippen LogP contribution in [0.25, 0.3) is 11.4 Å². The molecule has 0 unspecified atom stereocenters. The van der Waals surface area contributed by atoms with E-state index >= 15 is 0 Å². The van der Waals surface area contributed by atoms with Gasteiger partial charge in [-0.15, -0.1) is 0 Å². The summed E-state index contributed by atoms with van der Waals surface area (Å²) in [5, 5.41) is 8.71. The molecule has 30 heavy (non-hydrogen) atoms. The smallest absolute Gasteiger partial charge is 0.259 e. The number of benzene rings is 1. The Balaban J connectivity index is 1.36. The number of carbonyl (C=O) groups excluding carboxylic acids is 1. The maximum absolute atomic E-state index is 13.0. The number of nitrogens with zero attached hydrogens (tertiary/aromatic N) is 5. The Morgan fingerprint density at radius 2 is 1.80 bits per heavy atom. The molecule has 0 aliphatic carbocycles. The van der Waals surface area contributed by atoms with Crippen molar-refractivity contribution in [1.82, 2.24) is 25.1 Å². The molecular formula is C21H24ClN5O3. The third-order valence-corrected chi connectivity index (χ3v) is 5.47. The van der Waals surface area contributed by atoms with Crippen LogP contribution in [-0.2, 0) is 6.54 Å². The first-order valence-corrected chi connectivity index (χ1v) is 10.4. The molecule has 1 aliphatic heterocycles. The maximum Gasteiger partial charge on any atom is 0.259 e. The summed E-state index contributed by atoms with van der Waals surface area (Å²) in [6.45, 7) is 9.06. The van der Waals surface area contributed by atoms with Gasteiger partial charge in [-0.05, 0) is 31.2 Å². The lowest BCUT2D eigenvalue weighted by Crippen LogP contribution is -2.48. The highest BCUT2D eigenvalue weighted by atomic mass is 35.5. The summed E-state index contributed by atoms with van der Waals surface area (Å²) in [6.07, 6.45) is 0. The van der Waals surface area contributed by atoms with Crippen LogP contribution in [0.3, 0.4) is 0 Å². The van der Waals surface area contributed by atoms with Crippen LogP contribution in [0.1, 0.15) is 47.5 Å². The fraction of sp³-hybridized carbons (Fsp3) is 0.429. The van der Waals surface area contributed by atoms with Crippen molar-refractivity contribution in [3.8, 4) is 11.4 Å². The number of aryl methyl sites for hydroxylation is 1. The first-order chi connectivity index (χ1) is 14.4. The largest absolute Gasteiger partial charge is 0.360 e. The number of rotatable bonds is 5. The van der Waals surface area contributed by atoms with Crippen molar-refractivity contribution < 1.29 is 13.8 Å². The molecule has 0 radical (unpaired) electrons. The van der Waals surface area contributed by atoms with Crippen LogP contribution < -0.4 is 0 Å². The molecule has 3 aromatic rings.